The van der Waals surface area contributed by atoms with Crippen molar-refractivity contribution in [3.8, 4) is 0 Å². The van der Waals surface area contributed by atoms with Crippen LogP contribution in [-0.2, 0) is 4.79 Å². The summed E-state index contributed by atoms with van der Waals surface area (Å²) in [6, 6.07) is 3.85. The van der Waals surface area contributed by atoms with E-state index < -0.39 is 17.9 Å². The molecule has 18 heavy (non-hydrogen) atoms. The summed E-state index contributed by atoms with van der Waals surface area (Å²) in [7, 11) is 0. The number of carboxylic acids is 1. The van der Waals surface area contributed by atoms with Gasteiger partial charge in [0, 0.05) is 10.6 Å². The summed E-state index contributed by atoms with van der Waals surface area (Å²) >= 11 is 5.91. The summed E-state index contributed by atoms with van der Waals surface area (Å²) in [5.41, 5.74) is 1.19. The van der Waals surface area contributed by atoms with Crippen LogP contribution in [0.15, 0.2) is 30.9 Å². The first-order valence-electron chi connectivity index (χ1n) is 5.36. The van der Waals surface area contributed by atoms with Crippen molar-refractivity contribution in [3.63, 3.8) is 0 Å². The van der Waals surface area contributed by atoms with Gasteiger partial charge in [-0.25, -0.2) is 4.79 Å². The van der Waals surface area contributed by atoms with Crippen molar-refractivity contribution in [2.75, 3.05) is 0 Å². The van der Waals surface area contributed by atoms with Crippen LogP contribution in [0.2, 0.25) is 5.02 Å². The molecule has 0 aliphatic heterocycles. The van der Waals surface area contributed by atoms with Crippen molar-refractivity contribution in [2.45, 2.75) is 19.4 Å². The highest BCUT2D eigenvalue weighted by molar-refractivity contribution is 6.31. The first-order chi connectivity index (χ1) is 8.45. The van der Waals surface area contributed by atoms with E-state index in [1.165, 1.54) is 12.1 Å². The number of amides is 1. The maximum absolute atomic E-state index is 11.8. The number of hydrogen-bond acceptors (Lipinski definition) is 2. The Morgan fingerprint density at radius 1 is 1.56 bits per heavy atom. The van der Waals surface area contributed by atoms with Gasteiger partial charge in [0.1, 0.15) is 6.04 Å². The number of carbonyl (C=O) groups is 2. The molecule has 0 saturated carbocycles. The molecule has 0 radical (unpaired) electrons. The Balaban J connectivity index is 2.83. The second-order valence-corrected chi connectivity index (χ2v) is 4.26. The molecule has 4 nitrogen and oxygen atoms in total. The zero-order chi connectivity index (χ0) is 13.7. The summed E-state index contributed by atoms with van der Waals surface area (Å²) in [6.45, 7) is 5.27. The van der Waals surface area contributed by atoms with Crippen molar-refractivity contribution >= 4 is 23.5 Å². The van der Waals surface area contributed by atoms with E-state index in [0.717, 1.165) is 5.56 Å². The largest absolute Gasteiger partial charge is 0.480 e. The third-order valence-electron chi connectivity index (χ3n) is 2.44. The average Bonchev–Trinajstić information content (AvgIpc) is 2.31. The summed E-state index contributed by atoms with van der Waals surface area (Å²) in [5, 5.41) is 11.8. The molecule has 0 spiro atoms. The Labute approximate surface area is 110 Å². The summed E-state index contributed by atoms with van der Waals surface area (Å²) in [6.07, 6.45) is 1.61. The summed E-state index contributed by atoms with van der Waals surface area (Å²) in [5.74, 6) is -1.56. The van der Waals surface area contributed by atoms with Crippen LogP contribution >= 0.6 is 11.6 Å². The lowest BCUT2D eigenvalue weighted by atomic mass is 10.1. The molecule has 0 fully saturated rings. The Hall–Kier alpha value is -1.81. The molecule has 0 saturated heterocycles. The van der Waals surface area contributed by atoms with Crippen LogP contribution in [0.3, 0.4) is 0 Å². The van der Waals surface area contributed by atoms with Gasteiger partial charge in [-0.15, -0.1) is 6.58 Å². The fourth-order valence-corrected chi connectivity index (χ4v) is 1.54. The minimum absolute atomic E-state index is 0.167. The van der Waals surface area contributed by atoms with Gasteiger partial charge in [-0.1, -0.05) is 23.7 Å². The number of benzene rings is 1. The maximum atomic E-state index is 11.8. The number of carboxylic acid groups (broad SMARTS) is 1. The van der Waals surface area contributed by atoms with Crippen LogP contribution in [0.1, 0.15) is 22.3 Å². The highest BCUT2D eigenvalue weighted by atomic mass is 35.5. The number of halogens is 1. The van der Waals surface area contributed by atoms with Crippen molar-refractivity contribution in [3.05, 3.63) is 47.0 Å². The number of carbonyl (C=O) groups excluding carboxylic acids is 1. The van der Waals surface area contributed by atoms with E-state index in [0.29, 0.717) is 10.6 Å². The monoisotopic (exact) mass is 267 g/mol. The quantitative estimate of drug-likeness (QED) is 0.805. The zero-order valence-electron chi connectivity index (χ0n) is 9.94. The molecule has 0 heterocycles. The molecule has 1 unspecified atom stereocenters. The lowest BCUT2D eigenvalue weighted by Gasteiger charge is -2.12. The summed E-state index contributed by atoms with van der Waals surface area (Å²) in [4.78, 5) is 22.7. The minimum atomic E-state index is -1.10. The van der Waals surface area contributed by atoms with E-state index in [1.54, 1.807) is 12.1 Å². The minimum Gasteiger partial charge on any atom is -0.480 e. The van der Waals surface area contributed by atoms with E-state index in [4.69, 9.17) is 16.7 Å². The molecule has 2 N–H and O–H groups in total. The Morgan fingerprint density at radius 2 is 2.22 bits per heavy atom. The zero-order valence-corrected chi connectivity index (χ0v) is 10.7. The van der Waals surface area contributed by atoms with Gasteiger partial charge in [-0.05, 0) is 31.0 Å². The van der Waals surface area contributed by atoms with Gasteiger partial charge in [-0.3, -0.25) is 4.79 Å². The molecule has 5 heteroatoms. The van der Waals surface area contributed by atoms with E-state index in [-0.39, 0.29) is 6.42 Å². The molecule has 1 amide bonds. The number of aryl methyl sites for hydroxylation is 1. The highest BCUT2D eigenvalue weighted by Gasteiger charge is 2.19. The molecule has 1 aromatic carbocycles. The molecule has 0 aromatic heterocycles. The van der Waals surface area contributed by atoms with Gasteiger partial charge in [0.15, 0.2) is 0 Å². The van der Waals surface area contributed by atoms with Gasteiger partial charge in [-0.2, -0.15) is 0 Å². The highest BCUT2D eigenvalue weighted by Crippen LogP contribution is 2.16. The van der Waals surface area contributed by atoms with Crippen LogP contribution < -0.4 is 5.32 Å². The van der Waals surface area contributed by atoms with Gasteiger partial charge in [0.25, 0.3) is 5.91 Å². The Bertz CT molecular complexity index is 485. The van der Waals surface area contributed by atoms with Crippen molar-refractivity contribution in [2.24, 2.45) is 0 Å². The van der Waals surface area contributed by atoms with Gasteiger partial charge in [0.2, 0.25) is 0 Å². The molecule has 0 aliphatic rings. The third kappa shape index (κ3) is 3.60. The van der Waals surface area contributed by atoms with Crippen LogP contribution in [0, 0.1) is 6.92 Å². The van der Waals surface area contributed by atoms with Crippen molar-refractivity contribution < 1.29 is 14.7 Å². The molecule has 1 rings (SSSR count). The molecule has 0 aliphatic carbocycles. The van der Waals surface area contributed by atoms with Crippen molar-refractivity contribution in [1.29, 1.82) is 0 Å². The van der Waals surface area contributed by atoms with Crippen LogP contribution in [-0.4, -0.2) is 23.0 Å². The molecule has 0 bridgehead atoms. The van der Waals surface area contributed by atoms with Gasteiger partial charge < -0.3 is 10.4 Å². The SMILES string of the molecule is C=CCC(NC(=O)c1ccc(C)c(Cl)c1)C(=O)O. The maximum Gasteiger partial charge on any atom is 0.326 e. The van der Waals surface area contributed by atoms with E-state index in [2.05, 4.69) is 11.9 Å². The molecule has 96 valence electrons. The number of hydrogen-bond donors (Lipinski definition) is 2. The summed E-state index contributed by atoms with van der Waals surface area (Å²) < 4.78 is 0. The molecular formula is C13H14ClNO3. The fraction of sp³-hybridized carbons (Fsp3) is 0.231. The van der Waals surface area contributed by atoms with Crippen molar-refractivity contribution in [1.82, 2.24) is 5.32 Å². The number of aliphatic carboxylic acids is 1. The number of nitrogens with one attached hydrogen (secondary N) is 1. The lowest BCUT2D eigenvalue weighted by Crippen LogP contribution is -2.40. The lowest BCUT2D eigenvalue weighted by molar-refractivity contribution is -0.139. The van der Waals surface area contributed by atoms with Gasteiger partial charge >= 0.3 is 5.97 Å². The fourth-order valence-electron chi connectivity index (χ4n) is 1.36. The van der Waals surface area contributed by atoms with Crippen LogP contribution in [0.25, 0.3) is 0 Å². The van der Waals surface area contributed by atoms with Gasteiger partial charge in [0.05, 0.1) is 0 Å². The average molecular weight is 268 g/mol. The van der Waals surface area contributed by atoms with E-state index in [1.807, 2.05) is 6.92 Å². The van der Waals surface area contributed by atoms with Crippen LogP contribution in [0.5, 0.6) is 0 Å². The standard InChI is InChI=1S/C13H14ClNO3/c1-3-4-11(13(17)18)15-12(16)9-6-5-8(2)10(14)7-9/h3,5-7,11H,1,4H2,2H3,(H,15,16)(H,17,18). The predicted molar refractivity (Wildman–Crippen MR) is 69.9 cm³/mol. The predicted octanol–water partition coefficient (Wildman–Crippen LogP) is 2.41. The van der Waals surface area contributed by atoms with Crippen LogP contribution in [0.4, 0.5) is 0 Å². The Morgan fingerprint density at radius 3 is 2.72 bits per heavy atom. The first-order valence-corrected chi connectivity index (χ1v) is 5.74. The molecule has 1 atom stereocenters. The Kier molecular flexibility index (Phi) is 4.92. The van der Waals surface area contributed by atoms with E-state index in [9.17, 15) is 9.59 Å². The number of rotatable bonds is 5. The second kappa shape index (κ2) is 6.21. The smallest absolute Gasteiger partial charge is 0.326 e. The topological polar surface area (TPSA) is 66.4 Å². The second-order valence-electron chi connectivity index (χ2n) is 3.85. The molecule has 1 aromatic rings. The molecular weight excluding hydrogens is 254 g/mol. The first kappa shape index (κ1) is 14.3. The normalized spacial score (nSPS) is 11.7. The van der Waals surface area contributed by atoms with E-state index >= 15 is 0 Å². The third-order valence-corrected chi connectivity index (χ3v) is 2.85.